The number of rotatable bonds is 7. The third-order valence-electron chi connectivity index (χ3n) is 8.76. The Morgan fingerprint density at radius 1 is 1.05 bits per heavy atom. The zero-order valence-electron chi connectivity index (χ0n) is 23.1. The summed E-state index contributed by atoms with van der Waals surface area (Å²) < 4.78 is 11.1. The largest absolute Gasteiger partial charge is 0.463 e. The zero-order chi connectivity index (χ0) is 28.7. The summed E-state index contributed by atoms with van der Waals surface area (Å²) in [5.41, 5.74) is 1.10. The number of esters is 2. The maximum Gasteiger partial charge on any atom is 0.337 e. The average Bonchev–Trinajstić information content (AvgIpc) is 3.44. The molecule has 0 bridgehead atoms. The maximum absolute atomic E-state index is 13.3. The van der Waals surface area contributed by atoms with Crippen molar-refractivity contribution < 1.29 is 34.1 Å². The van der Waals surface area contributed by atoms with E-state index in [9.17, 15) is 24.6 Å². The van der Waals surface area contributed by atoms with Crippen LogP contribution in [-0.4, -0.2) is 53.0 Å². The molecule has 8 nitrogen and oxygen atoms in total. The minimum absolute atomic E-state index is 0.0538. The molecule has 2 aromatic carbocycles. The van der Waals surface area contributed by atoms with Gasteiger partial charge in [-0.1, -0.05) is 62.4 Å². The van der Waals surface area contributed by atoms with Crippen molar-refractivity contribution >= 4 is 17.8 Å². The van der Waals surface area contributed by atoms with Crippen molar-refractivity contribution in [3.63, 3.8) is 0 Å². The first kappa shape index (κ1) is 28.1. The van der Waals surface area contributed by atoms with Gasteiger partial charge in [0.15, 0.2) is 6.10 Å². The number of hydrogen-bond donors (Lipinski definition) is 3. The molecule has 1 heterocycles. The first-order valence-corrected chi connectivity index (χ1v) is 13.8. The van der Waals surface area contributed by atoms with E-state index in [0.29, 0.717) is 23.1 Å². The Bertz CT molecular complexity index is 1300. The summed E-state index contributed by atoms with van der Waals surface area (Å²) in [5.74, 6) is -2.43. The van der Waals surface area contributed by atoms with Crippen LogP contribution in [0.1, 0.15) is 62.0 Å². The van der Waals surface area contributed by atoms with Gasteiger partial charge in [-0.3, -0.25) is 4.79 Å². The van der Waals surface area contributed by atoms with E-state index < -0.39 is 41.5 Å². The molecule has 212 valence electrons. The number of carbonyl (C=O) groups is 3. The predicted octanol–water partition coefficient (Wildman–Crippen LogP) is 3.74. The second kappa shape index (κ2) is 10.8. The van der Waals surface area contributed by atoms with Crippen LogP contribution in [0.5, 0.6) is 0 Å². The summed E-state index contributed by atoms with van der Waals surface area (Å²) in [4.78, 5) is 39.1. The molecule has 1 amide bonds. The Hall–Kier alpha value is -3.49. The molecule has 0 radical (unpaired) electrons. The van der Waals surface area contributed by atoms with Crippen LogP contribution < -0.4 is 5.32 Å². The topological polar surface area (TPSA) is 122 Å². The van der Waals surface area contributed by atoms with Crippen molar-refractivity contribution in [3.05, 3.63) is 82.9 Å². The van der Waals surface area contributed by atoms with E-state index in [1.165, 1.54) is 0 Å². The van der Waals surface area contributed by atoms with E-state index in [-0.39, 0.29) is 30.5 Å². The fourth-order valence-corrected chi connectivity index (χ4v) is 6.92. The summed E-state index contributed by atoms with van der Waals surface area (Å²) >= 11 is 0. The number of aliphatic hydroxyl groups excluding tert-OH is 1. The van der Waals surface area contributed by atoms with Gasteiger partial charge < -0.3 is 25.0 Å². The molecule has 5 rings (SSSR count). The summed E-state index contributed by atoms with van der Waals surface area (Å²) in [7, 11) is 0. The lowest BCUT2D eigenvalue weighted by molar-refractivity contribution is -0.157. The van der Waals surface area contributed by atoms with Crippen molar-refractivity contribution in [2.24, 2.45) is 23.2 Å². The van der Waals surface area contributed by atoms with Gasteiger partial charge in [0.1, 0.15) is 6.61 Å². The van der Waals surface area contributed by atoms with E-state index in [0.717, 1.165) is 18.4 Å². The normalized spacial score (nSPS) is 28.5. The van der Waals surface area contributed by atoms with Crippen molar-refractivity contribution in [1.29, 1.82) is 0 Å². The molecule has 1 aliphatic heterocycles. The molecule has 3 N–H and O–H groups in total. The Morgan fingerprint density at radius 3 is 2.38 bits per heavy atom. The van der Waals surface area contributed by atoms with Gasteiger partial charge >= 0.3 is 11.9 Å². The van der Waals surface area contributed by atoms with Crippen molar-refractivity contribution in [3.8, 4) is 0 Å². The molecule has 0 unspecified atom stereocenters. The summed E-state index contributed by atoms with van der Waals surface area (Å²) in [6.45, 7) is 6.10. The van der Waals surface area contributed by atoms with Crippen molar-refractivity contribution in [2.75, 3.05) is 13.2 Å². The smallest absolute Gasteiger partial charge is 0.337 e. The highest BCUT2D eigenvalue weighted by Crippen LogP contribution is 2.57. The number of nitrogens with one attached hydrogen (secondary N) is 1. The number of cyclic esters (lactones) is 1. The van der Waals surface area contributed by atoms with Crippen LogP contribution in [-0.2, 0) is 19.1 Å². The number of amides is 1. The monoisotopic (exact) mass is 547 g/mol. The highest BCUT2D eigenvalue weighted by molar-refractivity contribution is 5.95. The minimum Gasteiger partial charge on any atom is -0.463 e. The van der Waals surface area contributed by atoms with Crippen LogP contribution in [0, 0.1) is 23.2 Å². The lowest BCUT2D eigenvalue weighted by Crippen LogP contribution is -2.42. The Balaban J connectivity index is 1.38. The minimum atomic E-state index is -1.69. The fourth-order valence-electron chi connectivity index (χ4n) is 6.92. The zero-order valence-corrected chi connectivity index (χ0v) is 23.1. The lowest BCUT2D eigenvalue weighted by Gasteiger charge is -2.35. The molecule has 2 aliphatic carbocycles. The Labute approximate surface area is 234 Å². The Morgan fingerprint density at radius 2 is 1.70 bits per heavy atom. The maximum atomic E-state index is 13.3. The molecular formula is C32H37NO7. The number of benzene rings is 2. The van der Waals surface area contributed by atoms with E-state index in [1.54, 1.807) is 60.7 Å². The van der Waals surface area contributed by atoms with Gasteiger partial charge in [0.2, 0.25) is 0 Å². The van der Waals surface area contributed by atoms with Gasteiger partial charge in [0, 0.05) is 23.5 Å². The number of fused-ring (bicyclic) bond motifs is 1. The predicted molar refractivity (Wildman–Crippen MR) is 147 cm³/mol. The van der Waals surface area contributed by atoms with Crippen molar-refractivity contribution in [1.82, 2.24) is 5.32 Å². The molecule has 0 saturated heterocycles. The summed E-state index contributed by atoms with van der Waals surface area (Å²) in [6.07, 6.45) is 0.181. The third kappa shape index (κ3) is 5.56. The third-order valence-corrected chi connectivity index (χ3v) is 8.76. The van der Waals surface area contributed by atoms with E-state index in [4.69, 9.17) is 9.47 Å². The molecule has 6 atom stereocenters. The standard InChI is InChI=1S/C32H37NO7/c1-31(2)15-22-23(25-21(17-39-29(25)36)14-32(3,38)24(22)16-31)18-40-30(37)27(34)26(19-10-6-4-7-11-19)33-28(35)20-12-8-5-9-13-20/h4-13,22-24,26-27,34,38H,14-18H2,1-3H3,(H,33,35)/t22-,23-,24-,26-,27+,32-/m0/s1. The van der Waals surface area contributed by atoms with E-state index >= 15 is 0 Å². The van der Waals surface area contributed by atoms with Crippen LogP contribution in [0.3, 0.4) is 0 Å². The van der Waals surface area contributed by atoms with Gasteiger partial charge in [0.25, 0.3) is 5.91 Å². The first-order chi connectivity index (χ1) is 19.0. The number of carbonyl (C=O) groups excluding carboxylic acids is 3. The van der Waals surface area contributed by atoms with Gasteiger partial charge in [-0.05, 0) is 60.3 Å². The van der Waals surface area contributed by atoms with Crippen LogP contribution in [0.4, 0.5) is 0 Å². The SMILES string of the molecule is CC1(C)C[C@H]2[C@H](COC(=O)[C@H](O)[C@@H](NC(=O)c3ccccc3)c3ccccc3)C3=C(COC3=O)C[C@](C)(O)[C@H]2C1. The fraction of sp³-hybridized carbons (Fsp3) is 0.469. The lowest BCUT2D eigenvalue weighted by atomic mass is 9.75. The number of ether oxygens (including phenoxy) is 2. The summed E-state index contributed by atoms with van der Waals surface area (Å²) in [5, 5.41) is 25.4. The molecule has 3 aliphatic rings. The van der Waals surface area contributed by atoms with Crippen LogP contribution in [0.15, 0.2) is 71.8 Å². The molecule has 1 fully saturated rings. The highest BCUT2D eigenvalue weighted by Gasteiger charge is 2.55. The molecule has 40 heavy (non-hydrogen) atoms. The second-order valence-electron chi connectivity index (χ2n) is 12.4. The number of hydrogen-bond acceptors (Lipinski definition) is 7. The van der Waals surface area contributed by atoms with Crippen LogP contribution in [0.25, 0.3) is 0 Å². The second-order valence-corrected chi connectivity index (χ2v) is 12.4. The van der Waals surface area contributed by atoms with E-state index in [2.05, 4.69) is 19.2 Å². The molecule has 8 heteroatoms. The van der Waals surface area contributed by atoms with Gasteiger partial charge in [-0.2, -0.15) is 0 Å². The molecule has 1 saturated carbocycles. The molecule has 2 aromatic rings. The van der Waals surface area contributed by atoms with Gasteiger partial charge in [-0.25, -0.2) is 9.59 Å². The van der Waals surface area contributed by atoms with Crippen LogP contribution in [0.2, 0.25) is 0 Å². The molecule has 0 aromatic heterocycles. The quantitative estimate of drug-likeness (QED) is 0.452. The Kier molecular flexibility index (Phi) is 7.59. The molecule has 0 spiro atoms. The van der Waals surface area contributed by atoms with Gasteiger partial charge in [-0.15, -0.1) is 0 Å². The van der Waals surface area contributed by atoms with Crippen molar-refractivity contribution in [2.45, 2.75) is 57.8 Å². The molecular weight excluding hydrogens is 510 g/mol. The van der Waals surface area contributed by atoms with Gasteiger partial charge in [0.05, 0.1) is 18.2 Å². The van der Waals surface area contributed by atoms with E-state index in [1.807, 2.05) is 6.92 Å². The number of aliphatic hydroxyl groups is 2. The first-order valence-electron chi connectivity index (χ1n) is 13.8. The highest BCUT2D eigenvalue weighted by atomic mass is 16.6. The average molecular weight is 548 g/mol. The van der Waals surface area contributed by atoms with Crippen LogP contribution >= 0.6 is 0 Å². The summed E-state index contributed by atoms with van der Waals surface area (Å²) in [6, 6.07) is 16.3.